The van der Waals surface area contributed by atoms with Crippen molar-refractivity contribution in [1.82, 2.24) is 24.9 Å². The highest BCUT2D eigenvalue weighted by atomic mass is 16.3. The Morgan fingerprint density at radius 1 is 1.03 bits per heavy atom. The van der Waals surface area contributed by atoms with Crippen LogP contribution < -0.4 is 10.5 Å². The SMILES string of the molecule is O=c1[nH]cc(-c2ccnc3[nH]ccc23)cc1-c1nc2ccc(N3CCC(O)CC3)cc2[nH]1. The lowest BCUT2D eigenvalue weighted by molar-refractivity contribution is 0.145. The van der Waals surface area contributed by atoms with Gasteiger partial charge in [0.2, 0.25) is 0 Å². The molecule has 5 aromatic rings. The number of aliphatic hydroxyl groups excluding tert-OH is 1. The first-order valence-corrected chi connectivity index (χ1v) is 10.7. The molecule has 1 aromatic carbocycles. The van der Waals surface area contributed by atoms with E-state index in [0.717, 1.165) is 64.8 Å². The molecule has 4 aromatic heterocycles. The van der Waals surface area contributed by atoms with Gasteiger partial charge in [-0.2, -0.15) is 0 Å². The molecular weight excluding hydrogens is 404 g/mol. The Hall–Kier alpha value is -3.91. The van der Waals surface area contributed by atoms with Gasteiger partial charge >= 0.3 is 0 Å². The van der Waals surface area contributed by atoms with Gasteiger partial charge in [-0.15, -0.1) is 0 Å². The number of anilines is 1. The largest absolute Gasteiger partial charge is 0.393 e. The second-order valence-corrected chi connectivity index (χ2v) is 8.23. The zero-order chi connectivity index (χ0) is 21.7. The van der Waals surface area contributed by atoms with Crippen molar-refractivity contribution in [3.8, 4) is 22.5 Å². The van der Waals surface area contributed by atoms with E-state index in [2.05, 4.69) is 35.9 Å². The summed E-state index contributed by atoms with van der Waals surface area (Å²) >= 11 is 0. The highest BCUT2D eigenvalue weighted by molar-refractivity contribution is 5.93. The molecule has 1 fully saturated rings. The lowest BCUT2D eigenvalue weighted by Gasteiger charge is -2.31. The molecule has 0 spiro atoms. The third-order valence-corrected chi connectivity index (χ3v) is 6.22. The van der Waals surface area contributed by atoms with E-state index in [1.807, 2.05) is 36.5 Å². The molecule has 1 saturated heterocycles. The highest BCUT2D eigenvalue weighted by Crippen LogP contribution is 2.29. The predicted octanol–water partition coefficient (Wildman–Crippen LogP) is 3.42. The summed E-state index contributed by atoms with van der Waals surface area (Å²) in [6.45, 7) is 1.66. The number of nitrogens with zero attached hydrogens (tertiary/aromatic N) is 3. The molecule has 32 heavy (non-hydrogen) atoms. The first-order chi connectivity index (χ1) is 15.7. The van der Waals surface area contributed by atoms with Gasteiger partial charge in [0.05, 0.1) is 22.7 Å². The maximum atomic E-state index is 12.7. The Bertz CT molecular complexity index is 1490. The fourth-order valence-corrected chi connectivity index (χ4v) is 4.47. The minimum Gasteiger partial charge on any atom is -0.393 e. The maximum Gasteiger partial charge on any atom is 0.259 e. The first kappa shape index (κ1) is 18.8. The standard InChI is InChI=1S/C24H22N6O2/c31-16-5-9-30(10-6-16)15-1-2-20-21(12-15)29-23(28-20)19-11-14(13-27-24(19)32)17-3-7-25-22-18(17)4-8-26-22/h1-4,7-8,11-13,16,31H,5-6,9-10H2,(H,25,26)(H,27,32)(H,28,29). The van der Waals surface area contributed by atoms with Crippen LogP contribution in [0.3, 0.4) is 0 Å². The minimum atomic E-state index is -0.208. The van der Waals surface area contributed by atoms with Crippen LogP contribution in [-0.4, -0.2) is 49.2 Å². The molecule has 8 nitrogen and oxygen atoms in total. The van der Waals surface area contributed by atoms with E-state index in [9.17, 15) is 9.90 Å². The summed E-state index contributed by atoms with van der Waals surface area (Å²) in [6.07, 6.45) is 6.67. The van der Waals surface area contributed by atoms with Crippen molar-refractivity contribution in [3.63, 3.8) is 0 Å². The quantitative estimate of drug-likeness (QED) is 0.353. The Kier molecular flexibility index (Phi) is 4.32. The van der Waals surface area contributed by atoms with Crippen LogP contribution in [0.4, 0.5) is 5.69 Å². The van der Waals surface area contributed by atoms with E-state index in [1.165, 1.54) is 0 Å². The summed E-state index contributed by atoms with van der Waals surface area (Å²) in [5.74, 6) is 0.536. The number of hydrogen-bond acceptors (Lipinski definition) is 5. The number of pyridine rings is 2. The number of benzene rings is 1. The van der Waals surface area contributed by atoms with Crippen LogP contribution >= 0.6 is 0 Å². The van der Waals surface area contributed by atoms with Crippen LogP contribution in [0.2, 0.25) is 0 Å². The van der Waals surface area contributed by atoms with Crippen LogP contribution in [0, 0.1) is 0 Å². The number of aromatic nitrogens is 5. The molecule has 1 aliphatic heterocycles. The average Bonchev–Trinajstić information content (AvgIpc) is 3.46. The van der Waals surface area contributed by atoms with E-state index < -0.39 is 0 Å². The van der Waals surface area contributed by atoms with Gasteiger partial charge in [0.1, 0.15) is 11.5 Å². The molecule has 160 valence electrons. The smallest absolute Gasteiger partial charge is 0.259 e. The Labute approximate surface area is 183 Å². The van der Waals surface area contributed by atoms with Crippen LogP contribution in [-0.2, 0) is 0 Å². The molecule has 8 heteroatoms. The number of rotatable bonds is 3. The van der Waals surface area contributed by atoms with Crippen LogP contribution in [0.25, 0.3) is 44.6 Å². The van der Waals surface area contributed by atoms with Crippen molar-refractivity contribution < 1.29 is 5.11 Å². The zero-order valence-corrected chi connectivity index (χ0v) is 17.3. The van der Waals surface area contributed by atoms with Gasteiger partial charge in [-0.3, -0.25) is 4.79 Å². The van der Waals surface area contributed by atoms with E-state index >= 15 is 0 Å². The normalized spacial score (nSPS) is 15.1. The number of aromatic amines is 3. The van der Waals surface area contributed by atoms with Crippen molar-refractivity contribution >= 4 is 27.8 Å². The maximum absolute atomic E-state index is 12.7. The summed E-state index contributed by atoms with van der Waals surface area (Å²) in [5.41, 5.74) is 5.75. The molecule has 0 unspecified atom stereocenters. The molecule has 0 amide bonds. The van der Waals surface area contributed by atoms with Gasteiger partial charge in [0.25, 0.3) is 5.56 Å². The van der Waals surface area contributed by atoms with Gasteiger partial charge in [0.15, 0.2) is 0 Å². The molecule has 6 rings (SSSR count). The fourth-order valence-electron chi connectivity index (χ4n) is 4.47. The second kappa shape index (κ2) is 7.35. The van der Waals surface area contributed by atoms with Crippen molar-refractivity contribution in [3.05, 3.63) is 65.3 Å². The molecule has 0 atom stereocenters. The van der Waals surface area contributed by atoms with Gasteiger partial charge in [-0.25, -0.2) is 9.97 Å². The lowest BCUT2D eigenvalue weighted by atomic mass is 10.0. The molecular formula is C24H22N6O2. The Morgan fingerprint density at radius 2 is 1.91 bits per heavy atom. The minimum absolute atomic E-state index is 0.197. The third kappa shape index (κ3) is 3.16. The summed E-state index contributed by atoms with van der Waals surface area (Å²) in [7, 11) is 0. The van der Waals surface area contributed by atoms with Crippen LogP contribution in [0.15, 0.2) is 59.8 Å². The van der Waals surface area contributed by atoms with Gasteiger partial charge in [-0.1, -0.05) is 0 Å². The molecule has 0 saturated carbocycles. The Balaban J connectivity index is 1.40. The van der Waals surface area contributed by atoms with Gasteiger partial charge in [-0.05, 0) is 60.4 Å². The van der Waals surface area contributed by atoms with E-state index in [4.69, 9.17) is 0 Å². The first-order valence-electron chi connectivity index (χ1n) is 10.7. The summed E-state index contributed by atoms with van der Waals surface area (Å²) < 4.78 is 0. The van der Waals surface area contributed by atoms with E-state index in [0.29, 0.717) is 11.4 Å². The predicted molar refractivity (Wildman–Crippen MR) is 125 cm³/mol. The van der Waals surface area contributed by atoms with Gasteiger partial charge < -0.3 is 25.0 Å². The topological polar surface area (TPSA) is 114 Å². The number of fused-ring (bicyclic) bond motifs is 2. The summed E-state index contributed by atoms with van der Waals surface area (Å²) in [6, 6.07) is 11.9. The molecule has 1 aliphatic rings. The van der Waals surface area contributed by atoms with Crippen LogP contribution in [0.5, 0.6) is 0 Å². The summed E-state index contributed by atoms with van der Waals surface area (Å²) in [5, 5.41) is 10.8. The number of imidazole rings is 1. The van der Waals surface area contributed by atoms with E-state index in [1.54, 1.807) is 12.4 Å². The molecule has 0 radical (unpaired) electrons. The monoisotopic (exact) mass is 426 g/mol. The Morgan fingerprint density at radius 3 is 2.78 bits per heavy atom. The number of piperidine rings is 1. The fraction of sp³-hybridized carbons (Fsp3) is 0.208. The second-order valence-electron chi connectivity index (χ2n) is 8.23. The molecule has 0 bridgehead atoms. The average molecular weight is 426 g/mol. The molecule has 4 N–H and O–H groups in total. The highest BCUT2D eigenvalue weighted by Gasteiger charge is 2.18. The number of hydrogen-bond donors (Lipinski definition) is 4. The van der Waals surface area contributed by atoms with Crippen LogP contribution in [0.1, 0.15) is 12.8 Å². The number of H-pyrrole nitrogens is 3. The van der Waals surface area contributed by atoms with E-state index in [-0.39, 0.29) is 11.7 Å². The van der Waals surface area contributed by atoms with Crippen molar-refractivity contribution in [2.24, 2.45) is 0 Å². The van der Waals surface area contributed by atoms with Gasteiger partial charge in [0, 0.05) is 42.8 Å². The zero-order valence-electron chi connectivity index (χ0n) is 17.3. The molecule has 5 heterocycles. The summed E-state index contributed by atoms with van der Waals surface area (Å²) in [4.78, 5) is 33.3. The number of nitrogens with one attached hydrogen (secondary N) is 3. The number of aliphatic hydroxyl groups is 1. The third-order valence-electron chi connectivity index (χ3n) is 6.22. The van der Waals surface area contributed by atoms with Crippen molar-refractivity contribution in [2.75, 3.05) is 18.0 Å². The van der Waals surface area contributed by atoms with Crippen molar-refractivity contribution in [1.29, 1.82) is 0 Å². The lowest BCUT2D eigenvalue weighted by Crippen LogP contribution is -2.35. The molecule has 0 aliphatic carbocycles. The van der Waals surface area contributed by atoms with Crippen molar-refractivity contribution in [2.45, 2.75) is 18.9 Å².